The molecule has 1 aromatic rings. The number of nitrogens with two attached hydrogens (primary N) is 1. The molecule has 1 aromatic carbocycles. The van der Waals surface area contributed by atoms with Crippen LogP contribution in [0.5, 0.6) is 0 Å². The number of hydrogen-bond donors (Lipinski definition) is 3. The second kappa shape index (κ2) is 6.06. The fourth-order valence-corrected chi connectivity index (χ4v) is 2.72. The van der Waals surface area contributed by atoms with Crippen molar-refractivity contribution >= 4 is 11.6 Å². The number of nitrogens with one attached hydrogen (secondary N) is 1. The molecule has 0 spiro atoms. The molecule has 0 aromatic heterocycles. The molecule has 4 heteroatoms. The maximum Gasteiger partial charge on any atom is 0.224 e. The molecule has 0 unspecified atom stereocenters. The number of benzene rings is 1. The summed E-state index contributed by atoms with van der Waals surface area (Å²) in [4.78, 5) is 12.0. The Morgan fingerprint density at radius 1 is 1.19 bits per heavy atom. The SMILES string of the molecule is CC1(C)CCC(O)(CNC(=O)Cc2ccc(N)cc2)CC1. The lowest BCUT2D eigenvalue weighted by atomic mass is 9.71. The molecule has 0 radical (unpaired) electrons. The van der Waals surface area contributed by atoms with E-state index in [-0.39, 0.29) is 5.91 Å². The van der Waals surface area contributed by atoms with Crippen LogP contribution in [0.25, 0.3) is 0 Å². The number of rotatable bonds is 4. The Labute approximate surface area is 126 Å². The maximum absolute atomic E-state index is 12.0. The van der Waals surface area contributed by atoms with Crippen LogP contribution in [0.3, 0.4) is 0 Å². The van der Waals surface area contributed by atoms with E-state index in [0.717, 1.165) is 31.2 Å². The summed E-state index contributed by atoms with van der Waals surface area (Å²) in [7, 11) is 0. The van der Waals surface area contributed by atoms with E-state index in [0.29, 0.717) is 24.1 Å². The van der Waals surface area contributed by atoms with E-state index in [1.807, 2.05) is 12.1 Å². The van der Waals surface area contributed by atoms with Crippen molar-refractivity contribution in [3.8, 4) is 0 Å². The summed E-state index contributed by atoms with van der Waals surface area (Å²) < 4.78 is 0. The summed E-state index contributed by atoms with van der Waals surface area (Å²) in [6.07, 6.45) is 3.82. The van der Waals surface area contributed by atoms with Gasteiger partial charge in [0.05, 0.1) is 12.0 Å². The van der Waals surface area contributed by atoms with Gasteiger partial charge in [0.15, 0.2) is 0 Å². The lowest BCUT2D eigenvalue weighted by Gasteiger charge is -2.40. The number of anilines is 1. The standard InChI is InChI=1S/C17H26N2O2/c1-16(2)7-9-17(21,10-8-16)12-19-15(20)11-13-3-5-14(18)6-4-13/h3-6,21H,7-12,18H2,1-2H3,(H,19,20). The van der Waals surface area contributed by atoms with E-state index >= 15 is 0 Å². The molecule has 2 rings (SSSR count). The van der Waals surface area contributed by atoms with Gasteiger partial charge in [0.2, 0.25) is 5.91 Å². The molecule has 1 amide bonds. The first-order valence-corrected chi connectivity index (χ1v) is 7.62. The molecule has 4 N–H and O–H groups in total. The number of carbonyl (C=O) groups excluding carboxylic acids is 1. The predicted molar refractivity (Wildman–Crippen MR) is 84.8 cm³/mol. The molecule has 0 atom stereocenters. The number of amides is 1. The molecule has 4 nitrogen and oxygen atoms in total. The number of aliphatic hydroxyl groups is 1. The van der Waals surface area contributed by atoms with Gasteiger partial charge in [0, 0.05) is 12.2 Å². The summed E-state index contributed by atoms with van der Waals surface area (Å²) >= 11 is 0. The van der Waals surface area contributed by atoms with Gasteiger partial charge in [-0.3, -0.25) is 4.79 Å². The third-order valence-electron chi connectivity index (χ3n) is 4.49. The maximum atomic E-state index is 12.0. The van der Waals surface area contributed by atoms with E-state index in [1.165, 1.54) is 0 Å². The molecule has 1 fully saturated rings. The molecule has 1 aliphatic rings. The van der Waals surface area contributed by atoms with Gasteiger partial charge in [-0.05, 0) is 48.8 Å². The zero-order chi connectivity index (χ0) is 15.5. The van der Waals surface area contributed by atoms with Gasteiger partial charge in [-0.15, -0.1) is 0 Å². The molecule has 0 bridgehead atoms. The molecule has 0 heterocycles. The van der Waals surface area contributed by atoms with Crippen molar-refractivity contribution in [3.05, 3.63) is 29.8 Å². The predicted octanol–water partition coefficient (Wildman–Crippen LogP) is 2.26. The molecular formula is C17H26N2O2. The van der Waals surface area contributed by atoms with Gasteiger partial charge in [-0.1, -0.05) is 26.0 Å². The van der Waals surface area contributed by atoms with Crippen LogP contribution >= 0.6 is 0 Å². The van der Waals surface area contributed by atoms with Crippen LogP contribution in [0, 0.1) is 5.41 Å². The van der Waals surface area contributed by atoms with Crippen molar-refractivity contribution < 1.29 is 9.90 Å². The number of carbonyl (C=O) groups is 1. The molecular weight excluding hydrogens is 264 g/mol. The molecule has 0 aliphatic heterocycles. The Balaban J connectivity index is 1.80. The van der Waals surface area contributed by atoms with Crippen molar-refractivity contribution in [3.63, 3.8) is 0 Å². The van der Waals surface area contributed by atoms with E-state index < -0.39 is 5.60 Å². The van der Waals surface area contributed by atoms with Crippen LogP contribution in [-0.2, 0) is 11.2 Å². The molecule has 116 valence electrons. The lowest BCUT2D eigenvalue weighted by molar-refractivity contribution is -0.122. The Hall–Kier alpha value is -1.55. The summed E-state index contributed by atoms with van der Waals surface area (Å²) in [6.45, 7) is 4.80. The first-order valence-electron chi connectivity index (χ1n) is 7.62. The summed E-state index contributed by atoms with van der Waals surface area (Å²) in [5, 5.41) is 13.4. The van der Waals surface area contributed by atoms with E-state index in [9.17, 15) is 9.90 Å². The lowest BCUT2D eigenvalue weighted by Crippen LogP contribution is -2.46. The van der Waals surface area contributed by atoms with Crippen LogP contribution in [0.4, 0.5) is 5.69 Å². The van der Waals surface area contributed by atoms with Crippen LogP contribution in [0.15, 0.2) is 24.3 Å². The number of hydrogen-bond acceptors (Lipinski definition) is 3. The van der Waals surface area contributed by atoms with E-state index in [2.05, 4.69) is 19.2 Å². The molecule has 0 saturated heterocycles. The van der Waals surface area contributed by atoms with Crippen molar-refractivity contribution in [2.75, 3.05) is 12.3 Å². The van der Waals surface area contributed by atoms with E-state index in [1.54, 1.807) is 12.1 Å². The fourth-order valence-electron chi connectivity index (χ4n) is 2.72. The normalized spacial score (nSPS) is 20.0. The molecule has 1 saturated carbocycles. The molecule has 21 heavy (non-hydrogen) atoms. The zero-order valence-electron chi connectivity index (χ0n) is 13.0. The minimum Gasteiger partial charge on any atom is -0.399 e. The van der Waals surface area contributed by atoms with Crippen molar-refractivity contribution in [1.82, 2.24) is 5.32 Å². The highest BCUT2D eigenvalue weighted by molar-refractivity contribution is 5.78. The highest BCUT2D eigenvalue weighted by Crippen LogP contribution is 2.39. The Morgan fingerprint density at radius 3 is 2.33 bits per heavy atom. The summed E-state index contributed by atoms with van der Waals surface area (Å²) in [5.41, 5.74) is 6.80. The second-order valence-electron chi connectivity index (χ2n) is 7.08. The topological polar surface area (TPSA) is 75.3 Å². The third-order valence-corrected chi connectivity index (χ3v) is 4.49. The summed E-state index contributed by atoms with van der Waals surface area (Å²) in [6, 6.07) is 7.29. The highest BCUT2D eigenvalue weighted by Gasteiger charge is 2.36. The van der Waals surface area contributed by atoms with Crippen molar-refractivity contribution in [2.24, 2.45) is 5.41 Å². The van der Waals surface area contributed by atoms with Gasteiger partial charge >= 0.3 is 0 Å². The van der Waals surface area contributed by atoms with Crippen molar-refractivity contribution in [2.45, 2.75) is 51.6 Å². The van der Waals surface area contributed by atoms with Gasteiger partial charge in [-0.2, -0.15) is 0 Å². The Morgan fingerprint density at radius 2 is 1.76 bits per heavy atom. The van der Waals surface area contributed by atoms with E-state index in [4.69, 9.17) is 5.73 Å². The van der Waals surface area contributed by atoms with Gasteiger partial charge in [0.25, 0.3) is 0 Å². The molecule has 1 aliphatic carbocycles. The van der Waals surface area contributed by atoms with Crippen LogP contribution in [-0.4, -0.2) is 23.2 Å². The first kappa shape index (κ1) is 15.8. The quantitative estimate of drug-likeness (QED) is 0.745. The van der Waals surface area contributed by atoms with Gasteiger partial charge in [0.1, 0.15) is 0 Å². The Kier molecular flexibility index (Phi) is 4.57. The number of nitrogen functional groups attached to an aromatic ring is 1. The van der Waals surface area contributed by atoms with Gasteiger partial charge in [-0.25, -0.2) is 0 Å². The van der Waals surface area contributed by atoms with Crippen LogP contribution in [0.1, 0.15) is 45.1 Å². The monoisotopic (exact) mass is 290 g/mol. The summed E-state index contributed by atoms with van der Waals surface area (Å²) in [5.74, 6) is -0.0574. The van der Waals surface area contributed by atoms with Crippen LogP contribution in [0.2, 0.25) is 0 Å². The largest absolute Gasteiger partial charge is 0.399 e. The fraction of sp³-hybridized carbons (Fsp3) is 0.588. The zero-order valence-corrected chi connectivity index (χ0v) is 13.0. The average Bonchev–Trinajstić information content (AvgIpc) is 2.43. The smallest absolute Gasteiger partial charge is 0.224 e. The van der Waals surface area contributed by atoms with Crippen molar-refractivity contribution in [1.29, 1.82) is 0 Å². The first-order chi connectivity index (χ1) is 9.78. The minimum absolute atomic E-state index is 0.0574. The van der Waals surface area contributed by atoms with Crippen LogP contribution < -0.4 is 11.1 Å². The third kappa shape index (κ3) is 4.74. The second-order valence-corrected chi connectivity index (χ2v) is 7.08. The average molecular weight is 290 g/mol. The minimum atomic E-state index is -0.744. The van der Waals surface area contributed by atoms with Gasteiger partial charge < -0.3 is 16.2 Å². The Bertz CT molecular complexity index is 484. The highest BCUT2D eigenvalue weighted by atomic mass is 16.3.